The molecule has 0 saturated heterocycles. The number of hydrogen-bond acceptors (Lipinski definition) is 6. The first-order chi connectivity index (χ1) is 12.4. The van der Waals surface area contributed by atoms with Gasteiger partial charge in [-0.05, 0) is 34.5 Å². The summed E-state index contributed by atoms with van der Waals surface area (Å²) >= 11 is 2.86. The van der Waals surface area contributed by atoms with Gasteiger partial charge < -0.3 is 21.3 Å². The van der Waals surface area contributed by atoms with Gasteiger partial charge in [-0.25, -0.2) is 9.59 Å². The molecule has 1 aromatic carbocycles. The van der Waals surface area contributed by atoms with Crippen LogP contribution in [0.15, 0.2) is 41.1 Å². The lowest BCUT2D eigenvalue weighted by Gasteiger charge is -2.18. The van der Waals surface area contributed by atoms with E-state index < -0.39 is 23.9 Å². The number of aromatic carboxylic acids is 1. The smallest absolute Gasteiger partial charge is 0.336 e. The zero-order valence-electron chi connectivity index (χ0n) is 13.6. The number of carbonyl (C=O) groups is 3. The summed E-state index contributed by atoms with van der Waals surface area (Å²) in [5, 5.41) is 24.7. The predicted molar refractivity (Wildman–Crippen MR) is 101 cm³/mol. The van der Waals surface area contributed by atoms with Crippen molar-refractivity contribution in [1.29, 1.82) is 0 Å². The quantitative estimate of drug-likeness (QED) is 0.512. The monoisotopic (exact) mass is 394 g/mol. The van der Waals surface area contributed by atoms with Gasteiger partial charge in [-0.15, -0.1) is 11.8 Å². The topological polar surface area (TPSA) is 130 Å². The lowest BCUT2D eigenvalue weighted by Crippen LogP contribution is -2.43. The number of nitrogens with two attached hydrogens (primary N) is 1. The Morgan fingerprint density at radius 2 is 1.85 bits per heavy atom. The minimum Gasteiger partial charge on any atom is -0.480 e. The number of nitrogens with one attached hydrogen (secondary N) is 1. The normalized spacial score (nSPS) is 13.0. The maximum Gasteiger partial charge on any atom is 0.336 e. The Balaban J connectivity index is 2.07. The van der Waals surface area contributed by atoms with Crippen molar-refractivity contribution >= 4 is 40.9 Å². The summed E-state index contributed by atoms with van der Waals surface area (Å²) in [4.78, 5) is 35.1. The van der Waals surface area contributed by atoms with Crippen molar-refractivity contribution < 1.29 is 24.6 Å². The molecule has 0 aliphatic rings. The number of thiophene rings is 1. The van der Waals surface area contributed by atoms with Crippen LogP contribution in [0.5, 0.6) is 0 Å². The van der Waals surface area contributed by atoms with Crippen LogP contribution in [0.2, 0.25) is 0 Å². The zero-order chi connectivity index (χ0) is 19.1. The van der Waals surface area contributed by atoms with Crippen molar-refractivity contribution in [3.8, 4) is 0 Å². The molecule has 0 bridgehead atoms. The van der Waals surface area contributed by atoms with Crippen LogP contribution in [0.1, 0.15) is 31.5 Å². The fourth-order valence-corrected chi connectivity index (χ4v) is 4.18. The summed E-state index contributed by atoms with van der Waals surface area (Å²) in [5.41, 5.74) is 6.50. The molecule has 0 aliphatic heterocycles. The van der Waals surface area contributed by atoms with E-state index in [-0.39, 0.29) is 22.1 Å². The third-order valence-electron chi connectivity index (χ3n) is 3.60. The van der Waals surface area contributed by atoms with E-state index in [1.165, 1.54) is 47.4 Å². The lowest BCUT2D eigenvalue weighted by molar-refractivity contribution is -0.138. The Morgan fingerprint density at radius 3 is 2.38 bits per heavy atom. The van der Waals surface area contributed by atoms with Gasteiger partial charge in [0, 0.05) is 17.5 Å². The molecule has 138 valence electrons. The van der Waals surface area contributed by atoms with Crippen molar-refractivity contribution in [2.45, 2.75) is 11.3 Å². The predicted octanol–water partition coefficient (Wildman–Crippen LogP) is 2.06. The van der Waals surface area contributed by atoms with Crippen LogP contribution < -0.4 is 11.1 Å². The molecule has 1 heterocycles. The van der Waals surface area contributed by atoms with E-state index in [4.69, 9.17) is 10.8 Å². The van der Waals surface area contributed by atoms with Crippen LogP contribution in [-0.4, -0.2) is 46.4 Å². The highest BCUT2D eigenvalue weighted by atomic mass is 32.2. The SMILES string of the molecule is NCC(SC[C@H](NC(=O)c1ccccc1C(=O)O)C(=O)O)c1ccsc1. The van der Waals surface area contributed by atoms with Crippen molar-refractivity contribution in [1.82, 2.24) is 5.32 Å². The van der Waals surface area contributed by atoms with Gasteiger partial charge in [0.2, 0.25) is 0 Å². The Hall–Kier alpha value is -2.36. The number of benzene rings is 1. The highest BCUT2D eigenvalue weighted by Crippen LogP contribution is 2.29. The molecule has 26 heavy (non-hydrogen) atoms. The average molecular weight is 394 g/mol. The molecule has 0 aliphatic carbocycles. The van der Waals surface area contributed by atoms with Gasteiger partial charge in [-0.1, -0.05) is 12.1 Å². The summed E-state index contributed by atoms with van der Waals surface area (Å²) < 4.78 is 0. The Morgan fingerprint density at radius 1 is 1.15 bits per heavy atom. The number of carboxylic acid groups (broad SMARTS) is 2. The van der Waals surface area contributed by atoms with E-state index in [0.29, 0.717) is 6.54 Å². The Labute approximate surface area is 158 Å². The highest BCUT2D eigenvalue weighted by Gasteiger charge is 2.25. The highest BCUT2D eigenvalue weighted by molar-refractivity contribution is 7.99. The molecule has 9 heteroatoms. The van der Waals surface area contributed by atoms with Crippen LogP contribution in [0.3, 0.4) is 0 Å². The summed E-state index contributed by atoms with van der Waals surface area (Å²) in [7, 11) is 0. The fraction of sp³-hybridized carbons (Fsp3) is 0.235. The second-order valence-electron chi connectivity index (χ2n) is 5.33. The molecule has 0 radical (unpaired) electrons. The van der Waals surface area contributed by atoms with E-state index in [1.54, 1.807) is 0 Å². The second-order valence-corrected chi connectivity index (χ2v) is 7.35. The third kappa shape index (κ3) is 5.07. The number of aliphatic carboxylic acids is 1. The number of amides is 1. The summed E-state index contributed by atoms with van der Waals surface area (Å²) in [6.07, 6.45) is 0. The number of carboxylic acids is 2. The molecule has 5 N–H and O–H groups in total. The van der Waals surface area contributed by atoms with Crippen LogP contribution in [0.25, 0.3) is 0 Å². The van der Waals surface area contributed by atoms with Gasteiger partial charge in [-0.3, -0.25) is 4.79 Å². The van der Waals surface area contributed by atoms with Crippen molar-refractivity contribution in [3.05, 3.63) is 57.8 Å². The van der Waals surface area contributed by atoms with E-state index in [9.17, 15) is 19.5 Å². The van der Waals surface area contributed by atoms with Crippen LogP contribution in [-0.2, 0) is 4.79 Å². The van der Waals surface area contributed by atoms with E-state index >= 15 is 0 Å². The molecule has 7 nitrogen and oxygen atoms in total. The first-order valence-corrected chi connectivity index (χ1v) is 9.63. The average Bonchev–Trinajstić information content (AvgIpc) is 3.15. The second kappa shape index (κ2) is 9.37. The van der Waals surface area contributed by atoms with E-state index in [2.05, 4.69) is 5.32 Å². The Bertz CT molecular complexity index is 779. The maximum absolute atomic E-state index is 12.4. The molecule has 0 fully saturated rings. The molecule has 1 amide bonds. The van der Waals surface area contributed by atoms with Crippen molar-refractivity contribution in [2.75, 3.05) is 12.3 Å². The number of thioether (sulfide) groups is 1. The Kier molecular flexibility index (Phi) is 7.19. The third-order valence-corrected chi connectivity index (χ3v) is 5.69. The summed E-state index contributed by atoms with van der Waals surface area (Å²) in [5.74, 6) is -3.08. The number of hydrogen-bond donors (Lipinski definition) is 4. The van der Waals surface area contributed by atoms with Gasteiger partial charge in [-0.2, -0.15) is 11.3 Å². The van der Waals surface area contributed by atoms with Gasteiger partial charge in [0.05, 0.1) is 11.1 Å². The first kappa shape index (κ1) is 20.0. The first-order valence-electron chi connectivity index (χ1n) is 7.63. The molecule has 1 unspecified atom stereocenters. The molecule has 0 spiro atoms. The van der Waals surface area contributed by atoms with Gasteiger partial charge in [0.25, 0.3) is 5.91 Å². The minimum absolute atomic E-state index is 0.0775. The van der Waals surface area contributed by atoms with Crippen LogP contribution in [0.4, 0.5) is 0 Å². The van der Waals surface area contributed by atoms with E-state index in [0.717, 1.165) is 5.56 Å². The van der Waals surface area contributed by atoms with Crippen LogP contribution in [0, 0.1) is 0 Å². The van der Waals surface area contributed by atoms with Gasteiger partial charge in [0.15, 0.2) is 0 Å². The number of carbonyl (C=O) groups excluding carboxylic acids is 1. The zero-order valence-corrected chi connectivity index (χ0v) is 15.3. The van der Waals surface area contributed by atoms with Crippen molar-refractivity contribution in [3.63, 3.8) is 0 Å². The van der Waals surface area contributed by atoms with Gasteiger partial charge in [0.1, 0.15) is 6.04 Å². The maximum atomic E-state index is 12.4. The minimum atomic E-state index is -1.25. The van der Waals surface area contributed by atoms with Crippen molar-refractivity contribution in [2.24, 2.45) is 5.73 Å². The molecular formula is C17H18N2O5S2. The molecule has 2 rings (SSSR count). The molecule has 1 aromatic heterocycles. The standard InChI is InChI=1S/C17H18N2O5S2/c18-7-14(10-5-6-25-8-10)26-9-13(17(23)24)19-15(20)11-3-1-2-4-12(11)16(21)22/h1-6,8,13-14H,7,9,18H2,(H,19,20)(H,21,22)(H,23,24)/t13-,14?/m0/s1. The van der Waals surface area contributed by atoms with E-state index in [1.807, 2.05) is 16.8 Å². The summed E-state index contributed by atoms with van der Waals surface area (Å²) in [6.45, 7) is 0.337. The molecule has 2 aromatic rings. The largest absolute Gasteiger partial charge is 0.480 e. The lowest BCUT2D eigenvalue weighted by atomic mass is 10.1. The van der Waals surface area contributed by atoms with Crippen LogP contribution >= 0.6 is 23.1 Å². The summed E-state index contributed by atoms with van der Waals surface area (Å²) in [6, 6.07) is 6.42. The molecular weight excluding hydrogens is 376 g/mol. The molecule has 0 saturated carbocycles. The van der Waals surface area contributed by atoms with Gasteiger partial charge >= 0.3 is 11.9 Å². The number of rotatable bonds is 9. The fourth-order valence-electron chi connectivity index (χ4n) is 2.25. The molecule has 2 atom stereocenters.